The number of rotatable bonds is 5. The topological polar surface area (TPSA) is 76.1 Å². The summed E-state index contributed by atoms with van der Waals surface area (Å²) in [7, 11) is 0. The van der Waals surface area contributed by atoms with Gasteiger partial charge in [0.2, 0.25) is 11.0 Å². The maximum Gasteiger partial charge on any atom is 0.233 e. The summed E-state index contributed by atoms with van der Waals surface area (Å²) in [5.41, 5.74) is 0. The fraction of sp³-hybridized carbons (Fsp3) is 0.727. The van der Waals surface area contributed by atoms with Gasteiger partial charge in [-0.05, 0) is 19.9 Å². The Labute approximate surface area is 110 Å². The van der Waals surface area contributed by atoms with Crippen molar-refractivity contribution in [2.45, 2.75) is 26.3 Å². The molecule has 1 fully saturated rings. The summed E-state index contributed by atoms with van der Waals surface area (Å²) >= 11 is 1.38. The fourth-order valence-electron chi connectivity index (χ4n) is 1.89. The standard InChI is InChI=1S/C11H18N4O2S/c1-3-4-12-9-6-17-5-8(9)10(16)13-11-15-14-7(2)18-11/h8-9,12H,3-6H2,1-2H3,(H,13,15,16). The van der Waals surface area contributed by atoms with Gasteiger partial charge in [-0.25, -0.2) is 0 Å². The number of hydrogen-bond donors (Lipinski definition) is 2. The summed E-state index contributed by atoms with van der Waals surface area (Å²) in [6, 6.07) is 0.0963. The number of aryl methyl sites for hydroxylation is 1. The van der Waals surface area contributed by atoms with Crippen molar-refractivity contribution in [1.29, 1.82) is 0 Å². The van der Waals surface area contributed by atoms with E-state index in [9.17, 15) is 4.79 Å². The van der Waals surface area contributed by atoms with Crippen LogP contribution in [0.25, 0.3) is 0 Å². The molecule has 0 aliphatic carbocycles. The van der Waals surface area contributed by atoms with Crippen LogP contribution in [0.2, 0.25) is 0 Å². The Morgan fingerprint density at radius 3 is 3.00 bits per heavy atom. The zero-order chi connectivity index (χ0) is 13.0. The SMILES string of the molecule is CCCNC1COCC1C(=O)Nc1nnc(C)s1. The number of nitrogens with one attached hydrogen (secondary N) is 2. The first-order chi connectivity index (χ1) is 8.70. The van der Waals surface area contributed by atoms with Crippen LogP contribution in [0.3, 0.4) is 0 Å². The van der Waals surface area contributed by atoms with Crippen LogP contribution in [0.4, 0.5) is 5.13 Å². The molecule has 0 bridgehead atoms. The number of anilines is 1. The van der Waals surface area contributed by atoms with Gasteiger partial charge in [-0.2, -0.15) is 0 Å². The lowest BCUT2D eigenvalue weighted by molar-refractivity contribution is -0.120. The molecule has 1 saturated heterocycles. The Morgan fingerprint density at radius 1 is 1.50 bits per heavy atom. The van der Waals surface area contributed by atoms with Crippen molar-refractivity contribution in [3.63, 3.8) is 0 Å². The van der Waals surface area contributed by atoms with E-state index in [1.807, 2.05) is 6.92 Å². The van der Waals surface area contributed by atoms with Crippen LogP contribution in [0.15, 0.2) is 0 Å². The van der Waals surface area contributed by atoms with Crippen molar-refractivity contribution < 1.29 is 9.53 Å². The van der Waals surface area contributed by atoms with Gasteiger partial charge in [-0.15, -0.1) is 10.2 Å². The third kappa shape index (κ3) is 3.24. The first-order valence-electron chi connectivity index (χ1n) is 6.12. The van der Waals surface area contributed by atoms with E-state index in [4.69, 9.17) is 4.74 Å². The number of carbonyl (C=O) groups is 1. The average molecular weight is 270 g/mol. The van der Waals surface area contributed by atoms with Crippen LogP contribution in [-0.4, -0.2) is 41.9 Å². The molecular weight excluding hydrogens is 252 g/mol. The first kappa shape index (κ1) is 13.4. The average Bonchev–Trinajstić information content (AvgIpc) is 2.95. The number of aromatic nitrogens is 2. The van der Waals surface area contributed by atoms with Crippen LogP contribution >= 0.6 is 11.3 Å². The fourth-order valence-corrected chi connectivity index (χ4v) is 2.48. The zero-order valence-electron chi connectivity index (χ0n) is 10.6. The highest BCUT2D eigenvalue weighted by Crippen LogP contribution is 2.19. The molecule has 0 saturated carbocycles. The van der Waals surface area contributed by atoms with E-state index in [2.05, 4.69) is 27.8 Å². The second kappa shape index (κ2) is 6.21. The molecule has 1 aromatic rings. The molecule has 6 nitrogen and oxygen atoms in total. The van der Waals surface area contributed by atoms with E-state index in [1.165, 1.54) is 11.3 Å². The molecule has 2 rings (SSSR count). The van der Waals surface area contributed by atoms with E-state index in [-0.39, 0.29) is 17.9 Å². The van der Waals surface area contributed by atoms with Crippen LogP contribution in [0, 0.1) is 12.8 Å². The summed E-state index contributed by atoms with van der Waals surface area (Å²) in [5.74, 6) is -0.196. The summed E-state index contributed by atoms with van der Waals surface area (Å²) < 4.78 is 5.37. The van der Waals surface area contributed by atoms with Gasteiger partial charge < -0.3 is 15.4 Å². The largest absolute Gasteiger partial charge is 0.379 e. The third-order valence-corrected chi connectivity index (χ3v) is 3.58. The monoisotopic (exact) mass is 270 g/mol. The van der Waals surface area contributed by atoms with Gasteiger partial charge in [0.1, 0.15) is 5.01 Å². The zero-order valence-corrected chi connectivity index (χ0v) is 11.4. The van der Waals surface area contributed by atoms with Gasteiger partial charge in [0.25, 0.3) is 0 Å². The molecule has 0 spiro atoms. The Bertz CT molecular complexity index is 410. The van der Waals surface area contributed by atoms with Crippen molar-refractivity contribution in [3.8, 4) is 0 Å². The number of amides is 1. The second-order valence-corrected chi connectivity index (χ2v) is 5.50. The number of nitrogens with zero attached hydrogens (tertiary/aromatic N) is 2. The van der Waals surface area contributed by atoms with Gasteiger partial charge in [0.15, 0.2) is 0 Å². The molecular formula is C11H18N4O2S. The minimum Gasteiger partial charge on any atom is -0.379 e. The lowest BCUT2D eigenvalue weighted by atomic mass is 10.0. The van der Waals surface area contributed by atoms with E-state index < -0.39 is 0 Å². The molecule has 1 aliphatic heterocycles. The van der Waals surface area contributed by atoms with E-state index >= 15 is 0 Å². The Morgan fingerprint density at radius 2 is 2.33 bits per heavy atom. The molecule has 7 heteroatoms. The van der Waals surface area contributed by atoms with E-state index in [1.54, 1.807) is 0 Å². The Balaban J connectivity index is 1.91. The van der Waals surface area contributed by atoms with Crippen molar-refractivity contribution >= 4 is 22.4 Å². The molecule has 1 aliphatic rings. The summed E-state index contributed by atoms with van der Waals surface area (Å²) in [6.07, 6.45) is 1.04. The van der Waals surface area contributed by atoms with Crippen molar-refractivity contribution in [2.75, 3.05) is 25.1 Å². The lowest BCUT2D eigenvalue weighted by Crippen LogP contribution is -2.41. The number of carbonyl (C=O) groups excluding carboxylic acids is 1. The predicted molar refractivity (Wildman–Crippen MR) is 69.7 cm³/mol. The normalized spacial score (nSPS) is 23.2. The maximum absolute atomic E-state index is 12.1. The third-order valence-electron chi connectivity index (χ3n) is 2.83. The molecule has 1 aromatic heterocycles. The lowest BCUT2D eigenvalue weighted by Gasteiger charge is -2.17. The van der Waals surface area contributed by atoms with Crippen molar-refractivity contribution in [3.05, 3.63) is 5.01 Å². The summed E-state index contributed by atoms with van der Waals surface area (Å²) in [4.78, 5) is 12.1. The molecule has 2 unspecified atom stereocenters. The molecule has 2 N–H and O–H groups in total. The highest BCUT2D eigenvalue weighted by Gasteiger charge is 2.33. The van der Waals surface area contributed by atoms with E-state index in [0.717, 1.165) is 18.0 Å². The highest BCUT2D eigenvalue weighted by atomic mass is 32.1. The van der Waals surface area contributed by atoms with Gasteiger partial charge in [-0.1, -0.05) is 18.3 Å². The molecule has 18 heavy (non-hydrogen) atoms. The minimum atomic E-state index is -0.152. The predicted octanol–water partition coefficient (Wildman–Crippen LogP) is 0.800. The molecule has 2 heterocycles. The second-order valence-electron chi connectivity index (χ2n) is 4.32. The Hall–Kier alpha value is -1.05. The van der Waals surface area contributed by atoms with Crippen LogP contribution in [0.5, 0.6) is 0 Å². The van der Waals surface area contributed by atoms with Crippen LogP contribution in [0.1, 0.15) is 18.4 Å². The van der Waals surface area contributed by atoms with Crippen LogP contribution < -0.4 is 10.6 Å². The Kier molecular flexibility index (Phi) is 4.62. The maximum atomic E-state index is 12.1. The first-order valence-corrected chi connectivity index (χ1v) is 6.94. The smallest absolute Gasteiger partial charge is 0.233 e. The van der Waals surface area contributed by atoms with E-state index in [0.29, 0.717) is 18.3 Å². The quantitative estimate of drug-likeness (QED) is 0.827. The van der Waals surface area contributed by atoms with Gasteiger partial charge in [-0.3, -0.25) is 4.79 Å². The molecule has 1 amide bonds. The summed E-state index contributed by atoms with van der Waals surface area (Å²) in [5, 5.41) is 15.3. The number of ether oxygens (including phenoxy) is 1. The van der Waals surface area contributed by atoms with Gasteiger partial charge >= 0.3 is 0 Å². The van der Waals surface area contributed by atoms with Crippen molar-refractivity contribution in [2.24, 2.45) is 5.92 Å². The highest BCUT2D eigenvalue weighted by molar-refractivity contribution is 7.15. The summed E-state index contributed by atoms with van der Waals surface area (Å²) in [6.45, 7) is 5.91. The molecule has 100 valence electrons. The van der Waals surface area contributed by atoms with Gasteiger partial charge in [0.05, 0.1) is 19.1 Å². The molecule has 0 aromatic carbocycles. The van der Waals surface area contributed by atoms with Crippen molar-refractivity contribution in [1.82, 2.24) is 15.5 Å². The van der Waals surface area contributed by atoms with Crippen LogP contribution in [-0.2, 0) is 9.53 Å². The molecule has 0 radical (unpaired) electrons. The minimum absolute atomic E-state index is 0.0442. The number of hydrogen-bond acceptors (Lipinski definition) is 6. The van der Waals surface area contributed by atoms with Gasteiger partial charge in [0, 0.05) is 6.04 Å². The molecule has 2 atom stereocenters.